The molecule has 1 unspecified atom stereocenters. The van der Waals surface area contributed by atoms with Crippen molar-refractivity contribution in [2.24, 2.45) is 4.99 Å². The fourth-order valence-electron chi connectivity index (χ4n) is 3.07. The van der Waals surface area contributed by atoms with Gasteiger partial charge in [0.25, 0.3) is 0 Å². The number of nitrogens with one attached hydrogen (secondary N) is 2. The highest BCUT2D eigenvalue weighted by atomic mass is 127. The van der Waals surface area contributed by atoms with E-state index in [1.807, 2.05) is 7.05 Å². The second-order valence-electron chi connectivity index (χ2n) is 6.28. The summed E-state index contributed by atoms with van der Waals surface area (Å²) >= 11 is 1.72. The van der Waals surface area contributed by atoms with Crippen molar-refractivity contribution in [1.82, 2.24) is 15.5 Å². The smallest absolute Gasteiger partial charge is 0.191 e. The highest BCUT2D eigenvalue weighted by Crippen LogP contribution is 2.19. The molecule has 1 aromatic carbocycles. The molecule has 1 atom stereocenters. The van der Waals surface area contributed by atoms with Crippen LogP contribution in [0.25, 0.3) is 0 Å². The summed E-state index contributed by atoms with van der Waals surface area (Å²) in [5.74, 6) is 0.866. The Labute approximate surface area is 171 Å². The van der Waals surface area contributed by atoms with Gasteiger partial charge in [0, 0.05) is 39.3 Å². The Morgan fingerprint density at radius 3 is 2.76 bits per heavy atom. The number of guanidine groups is 1. The Balaban J connectivity index is 0.00000225. The second-order valence-corrected chi connectivity index (χ2v) is 7.06. The maximum absolute atomic E-state index is 4.32. The minimum atomic E-state index is 0. The quantitative estimate of drug-likeness (QED) is 0.400. The predicted molar refractivity (Wildman–Crippen MR) is 118 cm³/mol. The van der Waals surface area contributed by atoms with Crippen molar-refractivity contribution in [2.75, 3.05) is 20.1 Å². The first-order chi connectivity index (χ1) is 11.8. The van der Waals surface area contributed by atoms with Gasteiger partial charge < -0.3 is 10.6 Å². The minimum absolute atomic E-state index is 0. The zero-order valence-corrected chi connectivity index (χ0v) is 18.0. The van der Waals surface area contributed by atoms with Gasteiger partial charge >= 0.3 is 0 Å². The number of fused-ring (bicyclic) bond motifs is 1. The van der Waals surface area contributed by atoms with Crippen LogP contribution in [0.3, 0.4) is 0 Å². The number of nitrogens with zero attached hydrogens (tertiary/aromatic N) is 2. The summed E-state index contributed by atoms with van der Waals surface area (Å²) in [5, 5.41) is 11.1. The van der Waals surface area contributed by atoms with Crippen molar-refractivity contribution in [3.63, 3.8) is 0 Å². The van der Waals surface area contributed by atoms with E-state index in [2.05, 4.69) is 68.5 Å². The van der Waals surface area contributed by atoms with Crippen LogP contribution in [0.15, 0.2) is 46.1 Å². The molecular formula is C19H27IN4S. The van der Waals surface area contributed by atoms with E-state index in [-0.39, 0.29) is 24.0 Å². The normalized spacial score (nSPS) is 15.8. The fourth-order valence-corrected chi connectivity index (χ4v) is 3.74. The summed E-state index contributed by atoms with van der Waals surface area (Å²) in [7, 11) is 1.82. The Kier molecular flexibility index (Phi) is 8.18. The van der Waals surface area contributed by atoms with E-state index in [0.717, 1.165) is 38.6 Å². The molecule has 0 aliphatic carbocycles. The van der Waals surface area contributed by atoms with Crippen molar-refractivity contribution in [3.8, 4) is 0 Å². The van der Waals surface area contributed by atoms with Crippen LogP contribution in [-0.2, 0) is 19.5 Å². The molecule has 0 saturated heterocycles. The number of hydrogen-bond acceptors (Lipinski definition) is 3. The molecule has 25 heavy (non-hydrogen) atoms. The lowest BCUT2D eigenvalue weighted by Gasteiger charge is -2.34. The Morgan fingerprint density at radius 2 is 2.04 bits per heavy atom. The molecule has 2 N–H and O–H groups in total. The zero-order chi connectivity index (χ0) is 16.8. The lowest BCUT2D eigenvalue weighted by Crippen LogP contribution is -2.47. The van der Waals surface area contributed by atoms with Gasteiger partial charge in [0.1, 0.15) is 0 Å². The molecule has 1 aliphatic rings. The SMILES string of the molecule is CN=C(NCc1ccsc1)NCC(C)N1CCc2ccccc2C1.I. The Bertz CT molecular complexity index is 672. The van der Waals surface area contributed by atoms with E-state index in [9.17, 15) is 0 Å². The van der Waals surface area contributed by atoms with Gasteiger partial charge in [-0.05, 0) is 46.9 Å². The molecule has 0 radical (unpaired) electrons. The lowest BCUT2D eigenvalue weighted by molar-refractivity contribution is 0.191. The van der Waals surface area contributed by atoms with Crippen LogP contribution in [0, 0.1) is 0 Å². The summed E-state index contributed by atoms with van der Waals surface area (Å²) in [4.78, 5) is 6.86. The molecule has 0 fully saturated rings. The van der Waals surface area contributed by atoms with Crippen molar-refractivity contribution in [3.05, 3.63) is 57.8 Å². The highest BCUT2D eigenvalue weighted by molar-refractivity contribution is 14.0. The predicted octanol–water partition coefficient (Wildman–Crippen LogP) is 3.48. The number of rotatable bonds is 5. The van der Waals surface area contributed by atoms with E-state index in [1.165, 1.54) is 16.7 Å². The molecule has 136 valence electrons. The van der Waals surface area contributed by atoms with Crippen molar-refractivity contribution < 1.29 is 0 Å². The van der Waals surface area contributed by atoms with E-state index in [1.54, 1.807) is 11.3 Å². The van der Waals surface area contributed by atoms with Crippen molar-refractivity contribution in [2.45, 2.75) is 32.5 Å². The number of hydrogen-bond donors (Lipinski definition) is 2. The zero-order valence-electron chi connectivity index (χ0n) is 14.9. The number of benzene rings is 1. The van der Waals surface area contributed by atoms with Crippen LogP contribution < -0.4 is 10.6 Å². The molecule has 3 rings (SSSR count). The van der Waals surface area contributed by atoms with Crippen LogP contribution in [0.5, 0.6) is 0 Å². The molecule has 4 nitrogen and oxygen atoms in total. The van der Waals surface area contributed by atoms with Crippen molar-refractivity contribution >= 4 is 41.3 Å². The summed E-state index contributed by atoms with van der Waals surface area (Å²) in [6.07, 6.45) is 1.14. The Hall–Kier alpha value is -1.12. The largest absolute Gasteiger partial charge is 0.355 e. The van der Waals surface area contributed by atoms with Gasteiger partial charge in [-0.15, -0.1) is 24.0 Å². The average Bonchev–Trinajstić information content (AvgIpc) is 3.14. The van der Waals surface area contributed by atoms with E-state index >= 15 is 0 Å². The molecule has 0 bridgehead atoms. The Morgan fingerprint density at radius 1 is 1.24 bits per heavy atom. The van der Waals surface area contributed by atoms with Crippen LogP contribution in [0.1, 0.15) is 23.6 Å². The average molecular weight is 470 g/mol. The fraction of sp³-hybridized carbons (Fsp3) is 0.421. The van der Waals surface area contributed by atoms with Gasteiger partial charge in [-0.3, -0.25) is 9.89 Å². The van der Waals surface area contributed by atoms with Crippen LogP contribution in [-0.4, -0.2) is 37.0 Å². The number of aliphatic imine (C=N–C) groups is 1. The highest BCUT2D eigenvalue weighted by Gasteiger charge is 2.20. The first kappa shape index (κ1) is 20.2. The first-order valence-electron chi connectivity index (χ1n) is 8.52. The molecular weight excluding hydrogens is 443 g/mol. The van der Waals surface area contributed by atoms with E-state index < -0.39 is 0 Å². The molecule has 0 saturated carbocycles. The first-order valence-corrected chi connectivity index (χ1v) is 9.47. The third kappa shape index (κ3) is 5.69. The third-order valence-corrected chi connectivity index (χ3v) is 5.34. The second kappa shape index (κ2) is 10.1. The van der Waals surface area contributed by atoms with Crippen LogP contribution in [0.2, 0.25) is 0 Å². The summed E-state index contributed by atoms with van der Waals surface area (Å²) in [6.45, 7) is 6.16. The van der Waals surface area contributed by atoms with E-state index in [0.29, 0.717) is 6.04 Å². The molecule has 2 aromatic rings. The third-order valence-electron chi connectivity index (χ3n) is 4.61. The summed E-state index contributed by atoms with van der Waals surface area (Å²) in [5.41, 5.74) is 4.27. The maximum atomic E-state index is 4.32. The summed E-state index contributed by atoms with van der Waals surface area (Å²) in [6, 6.07) is 11.4. The van der Waals surface area contributed by atoms with Gasteiger partial charge in [-0.25, -0.2) is 0 Å². The van der Waals surface area contributed by atoms with Gasteiger partial charge in [-0.1, -0.05) is 24.3 Å². The maximum Gasteiger partial charge on any atom is 0.191 e. The van der Waals surface area contributed by atoms with Crippen LogP contribution in [0.4, 0.5) is 0 Å². The minimum Gasteiger partial charge on any atom is -0.355 e. The monoisotopic (exact) mass is 470 g/mol. The lowest BCUT2D eigenvalue weighted by atomic mass is 9.99. The molecule has 1 aliphatic heterocycles. The summed E-state index contributed by atoms with van der Waals surface area (Å²) < 4.78 is 0. The number of halogens is 1. The van der Waals surface area contributed by atoms with Gasteiger partial charge in [0.2, 0.25) is 0 Å². The van der Waals surface area contributed by atoms with Crippen molar-refractivity contribution in [1.29, 1.82) is 0 Å². The standard InChI is InChI=1S/C19H26N4S.HI/c1-15(23-9-7-17-5-3-4-6-18(17)13-23)11-21-19(20-2)22-12-16-8-10-24-14-16;/h3-6,8,10,14-15H,7,9,11-13H2,1-2H3,(H2,20,21,22);1H. The van der Waals surface area contributed by atoms with E-state index in [4.69, 9.17) is 0 Å². The number of thiophene rings is 1. The molecule has 6 heteroatoms. The molecule has 2 heterocycles. The molecule has 0 amide bonds. The van der Waals surface area contributed by atoms with Gasteiger partial charge in [-0.2, -0.15) is 11.3 Å². The topological polar surface area (TPSA) is 39.7 Å². The van der Waals surface area contributed by atoms with Gasteiger partial charge in [0.15, 0.2) is 5.96 Å². The molecule has 1 aromatic heterocycles. The van der Waals surface area contributed by atoms with Crippen LogP contribution >= 0.6 is 35.3 Å². The molecule has 0 spiro atoms. The van der Waals surface area contributed by atoms with Gasteiger partial charge in [0.05, 0.1) is 0 Å².